The Morgan fingerprint density at radius 2 is 1.97 bits per heavy atom. The van der Waals surface area contributed by atoms with Crippen LogP contribution in [0.15, 0.2) is 47.6 Å². The summed E-state index contributed by atoms with van der Waals surface area (Å²) in [5.74, 6) is -1.48. The fourth-order valence-corrected chi connectivity index (χ4v) is 6.34. The van der Waals surface area contributed by atoms with Crippen LogP contribution >= 0.6 is 0 Å². The van der Waals surface area contributed by atoms with Crippen molar-refractivity contribution in [2.75, 3.05) is 6.54 Å². The Hall–Kier alpha value is -2.82. The normalized spacial score (nSPS) is 16.8. The van der Waals surface area contributed by atoms with E-state index in [0.717, 1.165) is 28.7 Å². The average Bonchev–Trinajstić information content (AvgIpc) is 3.04. The average molecular weight is 476 g/mol. The summed E-state index contributed by atoms with van der Waals surface area (Å²) in [4.78, 5) is 15.6. The molecule has 0 bridgehead atoms. The summed E-state index contributed by atoms with van der Waals surface area (Å²) in [5, 5.41) is 20.6. The molecule has 0 amide bonds. The van der Waals surface area contributed by atoms with E-state index >= 15 is 0 Å². The lowest BCUT2D eigenvalue weighted by Gasteiger charge is -2.37. The summed E-state index contributed by atoms with van der Waals surface area (Å²) in [7, 11) is -4.03. The van der Waals surface area contributed by atoms with E-state index in [0.29, 0.717) is 24.9 Å². The molecule has 0 saturated heterocycles. The van der Waals surface area contributed by atoms with Crippen LogP contribution in [0, 0.1) is 5.82 Å². The molecule has 0 fully saturated rings. The van der Waals surface area contributed by atoms with E-state index in [9.17, 15) is 27.8 Å². The van der Waals surface area contributed by atoms with Gasteiger partial charge >= 0.3 is 5.97 Å². The fraction of sp³-hybridized carbons (Fsp3) is 0.391. The molecular weight excluding hydrogens is 449 g/mol. The molecule has 1 aliphatic heterocycles. The maximum Gasteiger partial charge on any atom is 0.307 e. The molecule has 0 aliphatic carbocycles. The third-order valence-electron chi connectivity index (χ3n) is 5.89. The highest BCUT2D eigenvalue weighted by molar-refractivity contribution is 7.89. The topological polar surface area (TPSA) is 113 Å². The van der Waals surface area contributed by atoms with Gasteiger partial charge in [-0.2, -0.15) is 4.31 Å². The van der Waals surface area contributed by atoms with Crippen LogP contribution in [0.4, 0.5) is 4.39 Å². The highest BCUT2D eigenvalue weighted by Crippen LogP contribution is 2.34. The number of benzene rings is 1. The van der Waals surface area contributed by atoms with Gasteiger partial charge in [-0.3, -0.25) is 9.78 Å². The number of sulfonamides is 1. The number of fused-ring (bicyclic) bond motifs is 3. The quantitative estimate of drug-likeness (QED) is 0.543. The second kappa shape index (κ2) is 8.51. The van der Waals surface area contributed by atoms with Crippen molar-refractivity contribution in [1.82, 2.24) is 13.9 Å². The van der Waals surface area contributed by atoms with Crippen LogP contribution in [0.1, 0.15) is 31.5 Å². The molecule has 10 heteroatoms. The number of carboxylic acids is 1. The Morgan fingerprint density at radius 1 is 1.27 bits per heavy atom. The predicted molar refractivity (Wildman–Crippen MR) is 120 cm³/mol. The van der Waals surface area contributed by atoms with Crippen molar-refractivity contribution in [3.8, 4) is 0 Å². The molecule has 1 unspecified atom stereocenters. The summed E-state index contributed by atoms with van der Waals surface area (Å²) in [6, 6.07) is 5.94. The second-order valence-electron chi connectivity index (χ2n) is 9.01. The van der Waals surface area contributed by atoms with Crippen molar-refractivity contribution in [2.24, 2.45) is 0 Å². The van der Waals surface area contributed by atoms with Crippen molar-refractivity contribution in [2.45, 2.75) is 56.2 Å². The van der Waals surface area contributed by atoms with Gasteiger partial charge < -0.3 is 14.8 Å². The SMILES string of the molecule is CC(C)(O)CN(C1CCc2c(CC(=O)O)c3cnccc3n2C1)S(=O)(=O)c1ccc(F)cc1. The molecule has 1 aliphatic rings. The van der Waals surface area contributed by atoms with Crippen LogP contribution in [0.25, 0.3) is 10.9 Å². The zero-order valence-corrected chi connectivity index (χ0v) is 19.2. The van der Waals surface area contributed by atoms with Crippen LogP contribution in [-0.2, 0) is 34.2 Å². The van der Waals surface area contributed by atoms with Crippen molar-refractivity contribution >= 4 is 26.9 Å². The highest BCUT2D eigenvalue weighted by Gasteiger charge is 2.38. The van der Waals surface area contributed by atoms with Gasteiger partial charge in [-0.05, 0) is 62.6 Å². The first-order valence-corrected chi connectivity index (χ1v) is 12.1. The van der Waals surface area contributed by atoms with Gasteiger partial charge in [0.05, 0.1) is 22.4 Å². The van der Waals surface area contributed by atoms with Gasteiger partial charge in [0.2, 0.25) is 10.0 Å². The molecule has 0 saturated carbocycles. The van der Waals surface area contributed by atoms with Gasteiger partial charge in [-0.25, -0.2) is 12.8 Å². The van der Waals surface area contributed by atoms with E-state index in [2.05, 4.69) is 4.98 Å². The van der Waals surface area contributed by atoms with Crippen molar-refractivity contribution in [1.29, 1.82) is 0 Å². The predicted octanol–water partition coefficient (Wildman–Crippen LogP) is 2.58. The molecule has 0 radical (unpaired) electrons. The summed E-state index contributed by atoms with van der Waals surface area (Å²) in [5.41, 5.74) is 1.05. The molecule has 4 rings (SSSR count). The van der Waals surface area contributed by atoms with Crippen LogP contribution in [-0.4, -0.2) is 56.6 Å². The fourth-order valence-electron chi connectivity index (χ4n) is 4.54. The minimum absolute atomic E-state index is 0.0490. The Kier molecular flexibility index (Phi) is 6.02. The number of hydrogen-bond donors (Lipinski definition) is 2. The number of aliphatic hydroxyl groups is 1. The molecule has 1 atom stereocenters. The van der Waals surface area contributed by atoms with E-state index in [-0.39, 0.29) is 17.9 Å². The lowest BCUT2D eigenvalue weighted by molar-refractivity contribution is -0.136. The largest absolute Gasteiger partial charge is 0.481 e. The van der Waals surface area contributed by atoms with E-state index in [1.807, 2.05) is 4.57 Å². The highest BCUT2D eigenvalue weighted by atomic mass is 32.2. The monoisotopic (exact) mass is 475 g/mol. The zero-order valence-electron chi connectivity index (χ0n) is 18.4. The number of nitrogens with zero attached hydrogens (tertiary/aromatic N) is 3. The molecular formula is C23H26FN3O5S. The minimum Gasteiger partial charge on any atom is -0.481 e. The van der Waals surface area contributed by atoms with Crippen molar-refractivity contribution in [3.63, 3.8) is 0 Å². The zero-order chi connectivity index (χ0) is 24.0. The van der Waals surface area contributed by atoms with E-state index in [1.165, 1.54) is 30.3 Å². The number of halogens is 1. The first-order chi connectivity index (χ1) is 15.5. The Morgan fingerprint density at radius 3 is 2.61 bits per heavy atom. The van der Waals surface area contributed by atoms with Crippen LogP contribution in [0.3, 0.4) is 0 Å². The molecule has 1 aromatic carbocycles. The maximum absolute atomic E-state index is 13.5. The van der Waals surface area contributed by atoms with Gasteiger partial charge in [0.25, 0.3) is 0 Å². The molecule has 2 N–H and O–H groups in total. The number of carboxylic acid groups (broad SMARTS) is 1. The Labute approximate surface area is 191 Å². The molecule has 2 aromatic heterocycles. The lowest BCUT2D eigenvalue weighted by atomic mass is 10.00. The Balaban J connectivity index is 1.77. The van der Waals surface area contributed by atoms with Crippen LogP contribution in [0.5, 0.6) is 0 Å². The van der Waals surface area contributed by atoms with Crippen LogP contribution < -0.4 is 0 Å². The minimum atomic E-state index is -4.03. The number of carbonyl (C=O) groups is 1. The third kappa shape index (κ3) is 4.64. The van der Waals surface area contributed by atoms with Crippen molar-refractivity contribution < 1.29 is 27.8 Å². The molecule has 0 spiro atoms. The Bertz CT molecular complexity index is 1300. The van der Waals surface area contributed by atoms with E-state index < -0.39 is 33.5 Å². The van der Waals surface area contributed by atoms with Gasteiger partial charge in [-0.15, -0.1) is 0 Å². The van der Waals surface area contributed by atoms with Gasteiger partial charge in [0.1, 0.15) is 5.82 Å². The molecule has 3 heterocycles. The van der Waals surface area contributed by atoms with Crippen LogP contribution in [0.2, 0.25) is 0 Å². The molecule has 3 aromatic rings. The summed E-state index contributed by atoms with van der Waals surface area (Å²) in [6.07, 6.45) is 4.04. The van der Waals surface area contributed by atoms with Crippen molar-refractivity contribution in [3.05, 3.63) is 59.8 Å². The standard InChI is InChI=1S/C23H26FN3O5S/c1-23(2,30)14-27(33(31,32)17-6-3-15(24)4-7-17)16-5-8-20-18(11-22(28)29)19-12-25-10-9-21(19)26(20)13-16/h3-4,6-7,9-10,12,16,30H,5,8,11,13-14H2,1-2H3,(H,28,29). The number of aromatic nitrogens is 2. The number of pyridine rings is 1. The molecule has 33 heavy (non-hydrogen) atoms. The molecule has 8 nitrogen and oxygen atoms in total. The summed E-state index contributed by atoms with van der Waals surface area (Å²) >= 11 is 0. The van der Waals surface area contributed by atoms with Gasteiger partial charge in [-0.1, -0.05) is 0 Å². The van der Waals surface area contributed by atoms with E-state index in [4.69, 9.17) is 0 Å². The van der Waals surface area contributed by atoms with Gasteiger partial charge in [0.15, 0.2) is 0 Å². The first-order valence-electron chi connectivity index (χ1n) is 10.6. The number of aliphatic carboxylic acids is 1. The van der Waals surface area contributed by atoms with Gasteiger partial charge in [0, 0.05) is 42.6 Å². The second-order valence-corrected chi connectivity index (χ2v) is 10.9. The first kappa shape index (κ1) is 23.3. The maximum atomic E-state index is 13.5. The summed E-state index contributed by atoms with van der Waals surface area (Å²) in [6.45, 7) is 3.23. The van der Waals surface area contributed by atoms with E-state index in [1.54, 1.807) is 18.5 Å². The lowest BCUT2D eigenvalue weighted by Crippen LogP contribution is -2.50. The smallest absolute Gasteiger partial charge is 0.307 e. The third-order valence-corrected chi connectivity index (χ3v) is 7.81. The molecule has 176 valence electrons. The number of hydrogen-bond acceptors (Lipinski definition) is 5. The summed E-state index contributed by atoms with van der Waals surface area (Å²) < 4.78 is 43.7. The number of rotatable bonds is 7.